The molecule has 246 valence electrons. The second-order valence-electron chi connectivity index (χ2n) is 11.8. The molecule has 2 atom stereocenters. The van der Waals surface area contributed by atoms with E-state index >= 15 is 0 Å². The van der Waals surface area contributed by atoms with Gasteiger partial charge in [-0.2, -0.15) is 0 Å². The van der Waals surface area contributed by atoms with Crippen molar-refractivity contribution in [3.8, 4) is 0 Å². The van der Waals surface area contributed by atoms with Crippen molar-refractivity contribution >= 4 is 13.8 Å². The maximum Gasteiger partial charge on any atom is 0.472 e. The Morgan fingerprint density at radius 1 is 0.762 bits per heavy atom. The number of carbonyl (C=O) groups excluding carboxylic acids is 1. The molecule has 0 aliphatic rings. The van der Waals surface area contributed by atoms with Gasteiger partial charge in [0.25, 0.3) is 0 Å². The average Bonchev–Trinajstić information content (AvgIpc) is 2.92. The molecule has 0 aromatic rings. The van der Waals surface area contributed by atoms with Gasteiger partial charge in [0.1, 0.15) is 19.3 Å². The zero-order chi connectivity index (χ0) is 31.4. The summed E-state index contributed by atoms with van der Waals surface area (Å²) in [5, 5.41) is 0. The van der Waals surface area contributed by atoms with Crippen molar-refractivity contribution in [2.75, 3.05) is 54.1 Å². The summed E-state index contributed by atoms with van der Waals surface area (Å²) in [6.07, 6.45) is 27.9. The Bertz CT molecular complexity index is 777. The first-order chi connectivity index (χ1) is 20.1. The maximum atomic E-state index is 12.3. The standard InChI is InChI=1S/C33H62NO7P/c1-6-8-10-12-13-14-15-16-17-18-19-20-21-22-23-25-28-38-30-32(41-33(35)26-24-11-9-7-2)31-40-42(36,37)39-29-27-34(3,4)5/h8,10,13-14,16-17,32H,6-7,9,11-12,15,18-31H2,1-5H3/p+1/b10-8-,14-13-,17-16-. The van der Waals surface area contributed by atoms with Crippen LogP contribution in [0.15, 0.2) is 36.5 Å². The van der Waals surface area contributed by atoms with Gasteiger partial charge in [-0.1, -0.05) is 95.2 Å². The molecule has 0 amide bonds. The molecule has 0 saturated heterocycles. The number of ether oxygens (including phenoxy) is 2. The highest BCUT2D eigenvalue weighted by Gasteiger charge is 2.26. The maximum absolute atomic E-state index is 12.3. The van der Waals surface area contributed by atoms with E-state index in [1.54, 1.807) is 0 Å². The van der Waals surface area contributed by atoms with E-state index < -0.39 is 13.9 Å². The lowest BCUT2D eigenvalue weighted by Crippen LogP contribution is -2.37. The van der Waals surface area contributed by atoms with Crippen molar-refractivity contribution in [1.29, 1.82) is 0 Å². The largest absolute Gasteiger partial charge is 0.472 e. The second kappa shape index (κ2) is 27.3. The Morgan fingerprint density at radius 3 is 2.05 bits per heavy atom. The summed E-state index contributed by atoms with van der Waals surface area (Å²) in [5.74, 6) is -0.340. The Labute approximate surface area is 257 Å². The highest BCUT2D eigenvalue weighted by molar-refractivity contribution is 7.47. The van der Waals surface area contributed by atoms with Crippen molar-refractivity contribution in [2.24, 2.45) is 0 Å². The van der Waals surface area contributed by atoms with Gasteiger partial charge in [0.2, 0.25) is 0 Å². The lowest BCUT2D eigenvalue weighted by atomic mass is 10.1. The normalized spacial score (nSPS) is 14.7. The summed E-state index contributed by atoms with van der Waals surface area (Å²) in [6.45, 7) is 5.33. The quantitative estimate of drug-likeness (QED) is 0.0297. The highest BCUT2D eigenvalue weighted by Crippen LogP contribution is 2.43. The van der Waals surface area contributed by atoms with E-state index in [0.717, 1.165) is 64.2 Å². The number of hydrogen-bond acceptors (Lipinski definition) is 6. The van der Waals surface area contributed by atoms with Gasteiger partial charge in [-0.05, 0) is 44.9 Å². The summed E-state index contributed by atoms with van der Waals surface area (Å²) in [4.78, 5) is 22.3. The first-order valence-corrected chi connectivity index (χ1v) is 17.7. The number of carbonyl (C=O) groups is 1. The molecule has 0 fully saturated rings. The van der Waals surface area contributed by atoms with Crippen LogP contribution in [0.3, 0.4) is 0 Å². The van der Waals surface area contributed by atoms with E-state index in [4.69, 9.17) is 18.5 Å². The third-order valence-electron chi connectivity index (χ3n) is 6.47. The molecule has 8 nitrogen and oxygen atoms in total. The Kier molecular flexibility index (Phi) is 26.5. The topological polar surface area (TPSA) is 91.3 Å². The van der Waals surface area contributed by atoms with Gasteiger partial charge in [-0.3, -0.25) is 13.8 Å². The lowest BCUT2D eigenvalue weighted by molar-refractivity contribution is -0.870. The van der Waals surface area contributed by atoms with E-state index in [2.05, 4.69) is 50.3 Å². The van der Waals surface area contributed by atoms with Gasteiger partial charge in [0, 0.05) is 13.0 Å². The number of unbranched alkanes of at least 4 members (excludes halogenated alkanes) is 9. The van der Waals surface area contributed by atoms with Crippen LogP contribution in [-0.2, 0) is 27.9 Å². The molecule has 1 N–H and O–H groups in total. The minimum absolute atomic E-state index is 0.0847. The fourth-order valence-electron chi connectivity index (χ4n) is 3.92. The number of phosphoric ester groups is 1. The summed E-state index contributed by atoms with van der Waals surface area (Å²) in [7, 11) is 1.65. The van der Waals surface area contributed by atoms with E-state index in [0.29, 0.717) is 24.1 Å². The molecule has 42 heavy (non-hydrogen) atoms. The molecule has 0 aliphatic heterocycles. The number of nitrogens with zero attached hydrogens (tertiary/aromatic N) is 1. The summed E-state index contributed by atoms with van der Waals surface area (Å²) >= 11 is 0. The number of hydrogen-bond donors (Lipinski definition) is 1. The first kappa shape index (κ1) is 40.7. The molecule has 0 radical (unpaired) electrons. The molecule has 0 aromatic carbocycles. The Morgan fingerprint density at radius 2 is 1.38 bits per heavy atom. The first-order valence-electron chi connectivity index (χ1n) is 16.2. The highest BCUT2D eigenvalue weighted by atomic mass is 31.2. The zero-order valence-electron chi connectivity index (χ0n) is 27.5. The molecule has 0 spiro atoms. The second-order valence-corrected chi connectivity index (χ2v) is 13.3. The van der Waals surface area contributed by atoms with Gasteiger partial charge < -0.3 is 18.9 Å². The molecule has 0 bridgehead atoms. The van der Waals surface area contributed by atoms with Crippen LogP contribution in [0.4, 0.5) is 0 Å². The van der Waals surface area contributed by atoms with Crippen LogP contribution in [0.25, 0.3) is 0 Å². The molecule has 2 unspecified atom stereocenters. The van der Waals surface area contributed by atoms with Crippen LogP contribution in [0, 0.1) is 0 Å². The van der Waals surface area contributed by atoms with E-state index in [1.807, 2.05) is 21.1 Å². The average molecular weight is 617 g/mol. The van der Waals surface area contributed by atoms with E-state index in [1.165, 1.54) is 25.7 Å². The molecular formula is C33H63NO7P+. The van der Waals surface area contributed by atoms with Crippen LogP contribution < -0.4 is 0 Å². The van der Waals surface area contributed by atoms with Gasteiger partial charge >= 0.3 is 13.8 Å². The Balaban J connectivity index is 4.19. The lowest BCUT2D eigenvalue weighted by Gasteiger charge is -2.24. The number of rotatable bonds is 29. The number of allylic oxidation sites excluding steroid dienone is 6. The predicted octanol–water partition coefficient (Wildman–Crippen LogP) is 8.31. The van der Waals surface area contributed by atoms with Crippen molar-refractivity contribution in [2.45, 2.75) is 116 Å². The predicted molar refractivity (Wildman–Crippen MR) is 173 cm³/mol. The van der Waals surface area contributed by atoms with Crippen LogP contribution in [0.5, 0.6) is 0 Å². The number of esters is 1. The van der Waals surface area contributed by atoms with Crippen molar-refractivity contribution in [3.05, 3.63) is 36.5 Å². The van der Waals surface area contributed by atoms with Crippen molar-refractivity contribution in [1.82, 2.24) is 0 Å². The fraction of sp³-hybridized carbons (Fsp3) is 0.788. The number of quaternary nitrogens is 1. The minimum Gasteiger partial charge on any atom is -0.457 e. The van der Waals surface area contributed by atoms with Crippen LogP contribution in [0.1, 0.15) is 110 Å². The molecule has 0 aromatic heterocycles. The summed E-state index contributed by atoms with van der Waals surface area (Å²) in [6, 6.07) is 0. The third-order valence-corrected chi connectivity index (χ3v) is 7.45. The zero-order valence-corrected chi connectivity index (χ0v) is 28.4. The minimum atomic E-state index is -4.25. The smallest absolute Gasteiger partial charge is 0.457 e. The van der Waals surface area contributed by atoms with Crippen molar-refractivity contribution < 1.29 is 37.3 Å². The van der Waals surface area contributed by atoms with Crippen molar-refractivity contribution in [3.63, 3.8) is 0 Å². The van der Waals surface area contributed by atoms with Crippen LogP contribution >= 0.6 is 7.82 Å². The van der Waals surface area contributed by atoms with Gasteiger partial charge in [0.15, 0.2) is 0 Å². The number of likely N-dealkylation sites (N-methyl/N-ethyl adjacent to an activating group) is 1. The monoisotopic (exact) mass is 616 g/mol. The molecule has 0 heterocycles. The SMILES string of the molecule is CC/C=C\C/C=C\C/C=C\CCCCCCCCOCC(COP(=O)(O)OCC[N+](C)(C)C)OC(=O)CCCCCC. The van der Waals surface area contributed by atoms with E-state index in [9.17, 15) is 14.3 Å². The van der Waals surface area contributed by atoms with Gasteiger partial charge in [-0.25, -0.2) is 4.57 Å². The molecule has 0 aliphatic carbocycles. The molecule has 0 saturated carbocycles. The molecule has 9 heteroatoms. The summed E-state index contributed by atoms with van der Waals surface area (Å²) in [5.41, 5.74) is 0. The van der Waals surface area contributed by atoms with Gasteiger partial charge in [-0.15, -0.1) is 0 Å². The van der Waals surface area contributed by atoms with E-state index in [-0.39, 0.29) is 25.8 Å². The molecule has 0 rings (SSSR count). The van der Waals surface area contributed by atoms with Gasteiger partial charge in [0.05, 0.1) is 34.4 Å². The molecular weight excluding hydrogens is 553 g/mol. The third kappa shape index (κ3) is 30.2. The fourth-order valence-corrected chi connectivity index (χ4v) is 4.66. The van der Waals surface area contributed by atoms with Crippen LogP contribution in [0.2, 0.25) is 0 Å². The number of phosphoric acid groups is 1. The Hall–Kier alpha value is -1.28. The van der Waals surface area contributed by atoms with Crippen LogP contribution in [-0.4, -0.2) is 75.6 Å². The summed E-state index contributed by atoms with van der Waals surface area (Å²) < 4.78 is 34.4.